The van der Waals surface area contributed by atoms with Gasteiger partial charge in [0.1, 0.15) is 5.82 Å². The van der Waals surface area contributed by atoms with Crippen molar-refractivity contribution in [2.75, 3.05) is 19.6 Å². The highest BCUT2D eigenvalue weighted by Crippen LogP contribution is 2.28. The smallest absolute Gasteiger partial charge is 0.220 e. The van der Waals surface area contributed by atoms with Crippen LogP contribution in [0.2, 0.25) is 0 Å². The maximum absolute atomic E-state index is 12.8. The standard InChI is InChI=1S/C23H30N6O/c1-28-19(9-12-26-28)7-8-23(30)27-21-17-29(16-11-22-24-13-14-25-22)15-10-20(21)18-5-3-2-4-6-18/h2-6,9,12-14,20-21H,7-8,10-11,15-17H2,1H3,(H,24,25)(H,27,30)/t20-,21-/m0/s1. The van der Waals surface area contributed by atoms with Crippen LogP contribution in [0.4, 0.5) is 0 Å². The normalized spacial score (nSPS) is 19.6. The van der Waals surface area contributed by atoms with Crippen molar-refractivity contribution in [3.8, 4) is 0 Å². The zero-order valence-electron chi connectivity index (χ0n) is 17.5. The first-order valence-electron chi connectivity index (χ1n) is 10.7. The highest BCUT2D eigenvalue weighted by Gasteiger charge is 2.31. The number of amides is 1. The molecular weight excluding hydrogens is 376 g/mol. The lowest BCUT2D eigenvalue weighted by atomic mass is 9.85. The van der Waals surface area contributed by atoms with Crippen LogP contribution in [0.15, 0.2) is 55.0 Å². The summed E-state index contributed by atoms with van der Waals surface area (Å²) in [6.45, 7) is 2.83. The SMILES string of the molecule is Cn1nccc1CCC(=O)N[C@H]1CN(CCc2ncc[nH]2)CC[C@H]1c1ccccc1. The zero-order valence-corrected chi connectivity index (χ0v) is 17.5. The van der Waals surface area contributed by atoms with Crippen molar-refractivity contribution in [2.45, 2.75) is 37.6 Å². The number of nitrogens with one attached hydrogen (secondary N) is 2. The van der Waals surface area contributed by atoms with E-state index in [1.54, 1.807) is 12.4 Å². The van der Waals surface area contributed by atoms with E-state index in [0.29, 0.717) is 18.8 Å². The molecule has 0 saturated carbocycles. The van der Waals surface area contributed by atoms with E-state index in [4.69, 9.17) is 0 Å². The zero-order chi connectivity index (χ0) is 20.8. The van der Waals surface area contributed by atoms with Crippen LogP contribution in [0.3, 0.4) is 0 Å². The molecule has 0 radical (unpaired) electrons. The molecule has 0 unspecified atom stereocenters. The summed E-state index contributed by atoms with van der Waals surface area (Å²) in [5.41, 5.74) is 2.38. The number of hydrogen-bond acceptors (Lipinski definition) is 4. The molecule has 2 aromatic heterocycles. The van der Waals surface area contributed by atoms with Crippen molar-refractivity contribution < 1.29 is 4.79 Å². The van der Waals surface area contributed by atoms with Crippen LogP contribution in [0.25, 0.3) is 0 Å². The van der Waals surface area contributed by atoms with Gasteiger partial charge in [0.15, 0.2) is 0 Å². The molecule has 0 bridgehead atoms. The van der Waals surface area contributed by atoms with Gasteiger partial charge in [0, 0.05) is 69.2 Å². The van der Waals surface area contributed by atoms with Crippen molar-refractivity contribution in [1.82, 2.24) is 30.0 Å². The summed E-state index contributed by atoms with van der Waals surface area (Å²) >= 11 is 0. The number of carbonyl (C=O) groups is 1. The maximum Gasteiger partial charge on any atom is 0.220 e. The van der Waals surface area contributed by atoms with Gasteiger partial charge in [0.25, 0.3) is 0 Å². The van der Waals surface area contributed by atoms with Crippen LogP contribution in [0.5, 0.6) is 0 Å². The summed E-state index contributed by atoms with van der Waals surface area (Å²) in [7, 11) is 1.91. The average Bonchev–Trinajstić information content (AvgIpc) is 3.43. The number of nitrogens with zero attached hydrogens (tertiary/aromatic N) is 4. The monoisotopic (exact) mass is 406 g/mol. The third-order valence-electron chi connectivity index (χ3n) is 6.02. The number of benzene rings is 1. The van der Waals surface area contributed by atoms with Crippen molar-refractivity contribution in [1.29, 1.82) is 0 Å². The number of carbonyl (C=O) groups excluding carboxylic acids is 1. The predicted octanol–water partition coefficient (Wildman–Crippen LogP) is 2.29. The number of aryl methyl sites for hydroxylation is 2. The van der Waals surface area contributed by atoms with Crippen molar-refractivity contribution in [3.63, 3.8) is 0 Å². The molecule has 1 aliphatic rings. The van der Waals surface area contributed by atoms with Crippen molar-refractivity contribution in [3.05, 3.63) is 72.1 Å². The lowest BCUT2D eigenvalue weighted by molar-refractivity contribution is -0.122. The molecule has 2 atom stereocenters. The van der Waals surface area contributed by atoms with Gasteiger partial charge in [0.05, 0.1) is 0 Å². The van der Waals surface area contributed by atoms with Gasteiger partial charge in [-0.05, 0) is 31.0 Å². The molecule has 158 valence electrons. The van der Waals surface area contributed by atoms with Gasteiger partial charge < -0.3 is 15.2 Å². The molecule has 3 heterocycles. The number of hydrogen-bond donors (Lipinski definition) is 2. The number of H-pyrrole nitrogens is 1. The van der Waals surface area contributed by atoms with E-state index in [1.165, 1.54) is 5.56 Å². The van der Waals surface area contributed by atoms with Crippen LogP contribution in [-0.4, -0.2) is 56.2 Å². The van der Waals surface area contributed by atoms with Gasteiger partial charge in [-0.15, -0.1) is 0 Å². The summed E-state index contributed by atoms with van der Waals surface area (Å²) < 4.78 is 1.83. The molecule has 0 spiro atoms. The van der Waals surface area contributed by atoms with Crippen LogP contribution >= 0.6 is 0 Å². The molecule has 7 heteroatoms. The Balaban J connectivity index is 1.38. The number of imidazole rings is 1. The molecule has 4 rings (SSSR count). The average molecular weight is 407 g/mol. The molecule has 0 aliphatic carbocycles. The summed E-state index contributed by atoms with van der Waals surface area (Å²) in [5, 5.41) is 7.52. The first kappa shape index (κ1) is 20.3. The molecule has 3 aromatic rings. The largest absolute Gasteiger partial charge is 0.351 e. The molecule has 1 fully saturated rings. The third kappa shape index (κ3) is 5.16. The third-order valence-corrected chi connectivity index (χ3v) is 6.02. The van der Waals surface area contributed by atoms with Crippen LogP contribution in [0.1, 0.15) is 35.8 Å². The Morgan fingerprint density at radius 1 is 1.20 bits per heavy atom. The Morgan fingerprint density at radius 3 is 2.80 bits per heavy atom. The minimum Gasteiger partial charge on any atom is -0.351 e. The molecule has 1 amide bonds. The molecule has 1 aromatic carbocycles. The van der Waals surface area contributed by atoms with Crippen LogP contribution in [-0.2, 0) is 24.7 Å². The number of likely N-dealkylation sites (tertiary alicyclic amines) is 1. The second-order valence-electron chi connectivity index (χ2n) is 8.01. The van der Waals surface area contributed by atoms with Gasteiger partial charge in [-0.2, -0.15) is 5.10 Å². The first-order valence-corrected chi connectivity index (χ1v) is 10.7. The van der Waals surface area contributed by atoms with Crippen LogP contribution in [0, 0.1) is 0 Å². The Labute approximate surface area is 177 Å². The van der Waals surface area contributed by atoms with Crippen LogP contribution < -0.4 is 5.32 Å². The number of aromatic nitrogens is 4. The van der Waals surface area contributed by atoms with Gasteiger partial charge >= 0.3 is 0 Å². The molecular formula is C23H30N6O. The minimum atomic E-state index is 0.106. The first-order chi connectivity index (χ1) is 14.7. The summed E-state index contributed by atoms with van der Waals surface area (Å²) in [4.78, 5) is 22.7. The highest BCUT2D eigenvalue weighted by molar-refractivity contribution is 5.76. The van der Waals surface area contributed by atoms with Gasteiger partial charge in [0.2, 0.25) is 5.91 Å². The maximum atomic E-state index is 12.8. The van der Waals surface area contributed by atoms with E-state index in [-0.39, 0.29) is 11.9 Å². The fourth-order valence-electron chi connectivity index (χ4n) is 4.33. The fourth-order valence-corrected chi connectivity index (χ4v) is 4.33. The Kier molecular flexibility index (Phi) is 6.59. The molecule has 1 saturated heterocycles. The lowest BCUT2D eigenvalue weighted by Crippen LogP contribution is -2.52. The summed E-state index contributed by atoms with van der Waals surface area (Å²) in [5.74, 6) is 1.46. The number of rotatable bonds is 8. The Morgan fingerprint density at radius 2 is 2.07 bits per heavy atom. The van der Waals surface area contributed by atoms with Crippen molar-refractivity contribution in [2.24, 2.45) is 7.05 Å². The van der Waals surface area contributed by atoms with Gasteiger partial charge in [-0.1, -0.05) is 30.3 Å². The van der Waals surface area contributed by atoms with Gasteiger partial charge in [-0.25, -0.2) is 4.98 Å². The number of aromatic amines is 1. The highest BCUT2D eigenvalue weighted by atomic mass is 16.1. The minimum absolute atomic E-state index is 0.106. The quantitative estimate of drug-likeness (QED) is 0.602. The molecule has 1 aliphatic heterocycles. The Bertz CT molecular complexity index is 920. The van der Waals surface area contributed by atoms with E-state index in [0.717, 1.165) is 44.0 Å². The van der Waals surface area contributed by atoms with Crippen molar-refractivity contribution >= 4 is 5.91 Å². The molecule has 2 N–H and O–H groups in total. The Hall–Kier alpha value is -2.93. The van der Waals surface area contributed by atoms with E-state index >= 15 is 0 Å². The van der Waals surface area contributed by atoms with E-state index in [1.807, 2.05) is 30.1 Å². The fraction of sp³-hybridized carbons (Fsp3) is 0.435. The number of piperidine rings is 1. The molecule has 30 heavy (non-hydrogen) atoms. The lowest BCUT2D eigenvalue weighted by Gasteiger charge is -2.39. The summed E-state index contributed by atoms with van der Waals surface area (Å²) in [6.07, 6.45) is 8.54. The van der Waals surface area contributed by atoms with E-state index in [2.05, 4.69) is 49.5 Å². The second kappa shape index (κ2) is 9.71. The van der Waals surface area contributed by atoms with E-state index in [9.17, 15) is 4.79 Å². The van der Waals surface area contributed by atoms with E-state index < -0.39 is 0 Å². The summed E-state index contributed by atoms with van der Waals surface area (Å²) in [6, 6.07) is 12.6. The molecule has 7 nitrogen and oxygen atoms in total. The topological polar surface area (TPSA) is 78.8 Å². The van der Waals surface area contributed by atoms with Gasteiger partial charge in [-0.3, -0.25) is 9.48 Å². The second-order valence-corrected chi connectivity index (χ2v) is 8.01. The predicted molar refractivity (Wildman–Crippen MR) is 116 cm³/mol.